The fraction of sp³-hybridized carbons (Fsp3) is 0.571. The highest BCUT2D eigenvalue weighted by Gasteiger charge is 2.33. The predicted molar refractivity (Wildman–Crippen MR) is 149 cm³/mol. The minimum Gasteiger partial charge on any atom is -0.364 e. The number of amides is 3. The first-order valence-electron chi connectivity index (χ1n) is 13.8. The zero-order valence-corrected chi connectivity index (χ0v) is 22.7. The number of hydrogen-bond acceptors (Lipinski definition) is 7. The van der Waals surface area contributed by atoms with Crippen LogP contribution >= 0.6 is 0 Å². The molecule has 1 aromatic carbocycles. The second-order valence-corrected chi connectivity index (χ2v) is 11.1. The summed E-state index contributed by atoms with van der Waals surface area (Å²) in [5.41, 5.74) is 7.93. The maximum atomic E-state index is 12.3. The van der Waals surface area contributed by atoms with E-state index in [1.54, 1.807) is 20.3 Å². The number of nitrogens with zero attached hydrogens (tertiary/aromatic N) is 5. The summed E-state index contributed by atoms with van der Waals surface area (Å²) in [6, 6.07) is 9.15. The minimum atomic E-state index is -0.631. The van der Waals surface area contributed by atoms with E-state index >= 15 is 0 Å². The molecule has 3 heterocycles. The van der Waals surface area contributed by atoms with E-state index in [2.05, 4.69) is 44.5 Å². The lowest BCUT2D eigenvalue weighted by Crippen LogP contribution is -2.56. The van der Waals surface area contributed by atoms with Crippen molar-refractivity contribution >= 4 is 29.3 Å². The Hall–Kier alpha value is -3.40. The van der Waals surface area contributed by atoms with E-state index in [0.29, 0.717) is 17.6 Å². The molecule has 3 amide bonds. The summed E-state index contributed by atoms with van der Waals surface area (Å²) < 4.78 is 0. The van der Waals surface area contributed by atoms with Gasteiger partial charge in [0.05, 0.1) is 12.2 Å². The molecule has 1 aliphatic carbocycles. The van der Waals surface area contributed by atoms with Crippen molar-refractivity contribution < 1.29 is 9.59 Å². The van der Waals surface area contributed by atoms with Crippen molar-refractivity contribution in [2.75, 3.05) is 43.9 Å². The summed E-state index contributed by atoms with van der Waals surface area (Å²) in [5.74, 6) is 0.943. The lowest BCUT2D eigenvalue weighted by molar-refractivity contribution is 0.0996. The maximum Gasteiger partial charge on any atom is 0.317 e. The van der Waals surface area contributed by atoms with Gasteiger partial charge in [-0.2, -0.15) is 0 Å². The Bertz CT molecular complexity index is 1140. The van der Waals surface area contributed by atoms with Crippen LogP contribution < -0.4 is 21.3 Å². The molecule has 1 saturated carbocycles. The van der Waals surface area contributed by atoms with Crippen LogP contribution in [0, 0.1) is 0 Å². The third kappa shape index (κ3) is 5.85. The first kappa shape index (κ1) is 26.2. The van der Waals surface area contributed by atoms with Gasteiger partial charge in [-0.25, -0.2) is 14.8 Å². The molecule has 2 aliphatic heterocycles. The fourth-order valence-electron chi connectivity index (χ4n) is 5.75. The SMILES string of the molecule is C[C@@H]1[C@H](NC(=O)N(C)C)CCCN1c1cnc(C(N)=O)c(Nc2ccc(C3CCN(C4CC4)CC3)cc2)n1. The molecule has 10 heteroatoms. The van der Waals surface area contributed by atoms with Crippen molar-refractivity contribution in [1.29, 1.82) is 0 Å². The Kier molecular flexibility index (Phi) is 7.69. The zero-order valence-electron chi connectivity index (χ0n) is 22.7. The van der Waals surface area contributed by atoms with Crippen molar-refractivity contribution in [2.24, 2.45) is 5.73 Å². The molecular formula is C28H40N8O2. The summed E-state index contributed by atoms with van der Waals surface area (Å²) in [5, 5.41) is 6.38. The number of aromatic nitrogens is 2. The molecule has 1 aromatic heterocycles. The Labute approximate surface area is 225 Å². The number of rotatable bonds is 7. The Morgan fingerprint density at radius 3 is 2.37 bits per heavy atom. The first-order chi connectivity index (χ1) is 18.3. The number of carbonyl (C=O) groups excluding carboxylic acids is 2. The summed E-state index contributed by atoms with van der Waals surface area (Å²) in [6.07, 6.45) is 8.53. The number of likely N-dealkylation sites (tertiary alicyclic amines) is 1. The van der Waals surface area contributed by atoms with Crippen molar-refractivity contribution in [3.8, 4) is 0 Å². The number of nitrogens with one attached hydrogen (secondary N) is 2. The molecule has 204 valence electrons. The summed E-state index contributed by atoms with van der Waals surface area (Å²) in [6.45, 7) is 5.24. The highest BCUT2D eigenvalue weighted by molar-refractivity contribution is 5.96. The van der Waals surface area contributed by atoms with Gasteiger partial charge in [0.2, 0.25) is 0 Å². The summed E-state index contributed by atoms with van der Waals surface area (Å²) >= 11 is 0. The third-order valence-electron chi connectivity index (χ3n) is 8.23. The second-order valence-electron chi connectivity index (χ2n) is 11.1. The van der Waals surface area contributed by atoms with Gasteiger partial charge in [-0.3, -0.25) is 4.79 Å². The van der Waals surface area contributed by atoms with E-state index < -0.39 is 5.91 Å². The lowest BCUT2D eigenvalue weighted by Gasteiger charge is -2.40. The van der Waals surface area contributed by atoms with Crippen molar-refractivity contribution in [1.82, 2.24) is 25.1 Å². The number of piperidine rings is 2. The van der Waals surface area contributed by atoms with Crippen LogP contribution in [0.5, 0.6) is 0 Å². The number of primary amides is 1. The van der Waals surface area contributed by atoms with Gasteiger partial charge in [0.25, 0.3) is 5.91 Å². The van der Waals surface area contributed by atoms with E-state index in [-0.39, 0.29) is 23.8 Å². The van der Waals surface area contributed by atoms with Gasteiger partial charge < -0.3 is 31.1 Å². The van der Waals surface area contributed by atoms with E-state index in [9.17, 15) is 9.59 Å². The van der Waals surface area contributed by atoms with Crippen LogP contribution in [0.15, 0.2) is 30.5 Å². The van der Waals surface area contributed by atoms with E-state index in [4.69, 9.17) is 10.7 Å². The van der Waals surface area contributed by atoms with Gasteiger partial charge in [0.1, 0.15) is 5.82 Å². The van der Waals surface area contributed by atoms with Gasteiger partial charge in [-0.05, 0) is 82.2 Å². The molecule has 3 fully saturated rings. The zero-order chi connectivity index (χ0) is 26.8. The number of nitrogens with two attached hydrogens (primary N) is 1. The highest BCUT2D eigenvalue weighted by Crippen LogP contribution is 2.35. The predicted octanol–water partition coefficient (Wildman–Crippen LogP) is 3.29. The standard InChI is InChI=1S/C28H40N8O2/c1-18-23(32-28(38)34(2)3)5-4-14-36(18)24-17-30-25(26(29)37)27(33-24)31-21-8-6-19(7-9-21)20-12-15-35(16-13-20)22-10-11-22/h6-9,17-18,20,22-23H,4-5,10-16H2,1-3H3,(H2,29,37)(H,31,33)(H,32,38)/t18-,23-/m1/s1. The number of anilines is 3. The molecule has 0 radical (unpaired) electrons. The van der Waals surface area contributed by atoms with Crippen LogP contribution in [0.25, 0.3) is 0 Å². The molecule has 4 N–H and O–H groups in total. The van der Waals surface area contributed by atoms with Crippen molar-refractivity contribution in [3.05, 3.63) is 41.7 Å². The molecule has 5 rings (SSSR count). The van der Waals surface area contributed by atoms with Crippen molar-refractivity contribution in [3.63, 3.8) is 0 Å². The molecule has 3 aliphatic rings. The maximum absolute atomic E-state index is 12.3. The molecule has 2 atom stereocenters. The highest BCUT2D eigenvalue weighted by atomic mass is 16.2. The number of urea groups is 1. The Balaban J connectivity index is 1.29. The minimum absolute atomic E-state index is 0.0137. The van der Waals surface area contributed by atoms with Crippen LogP contribution in [-0.2, 0) is 0 Å². The third-order valence-corrected chi connectivity index (χ3v) is 8.23. The Morgan fingerprint density at radius 2 is 1.74 bits per heavy atom. The quantitative estimate of drug-likeness (QED) is 0.512. The van der Waals surface area contributed by atoms with E-state index in [1.165, 1.54) is 49.2 Å². The van der Waals surface area contributed by atoms with Gasteiger partial charge >= 0.3 is 6.03 Å². The van der Waals surface area contributed by atoms with Gasteiger partial charge in [0, 0.05) is 38.4 Å². The average molecular weight is 521 g/mol. The van der Waals surface area contributed by atoms with E-state index in [1.807, 2.05) is 12.1 Å². The monoisotopic (exact) mass is 520 g/mol. The van der Waals surface area contributed by atoms with Crippen LogP contribution in [0.3, 0.4) is 0 Å². The van der Waals surface area contributed by atoms with Crippen LogP contribution in [0.1, 0.15) is 67.4 Å². The molecular weight excluding hydrogens is 480 g/mol. The smallest absolute Gasteiger partial charge is 0.317 e. The molecule has 0 bridgehead atoms. The van der Waals surface area contributed by atoms with Gasteiger partial charge in [-0.15, -0.1) is 0 Å². The molecule has 2 aromatic rings. The summed E-state index contributed by atoms with van der Waals surface area (Å²) in [7, 11) is 3.47. The van der Waals surface area contributed by atoms with Crippen molar-refractivity contribution in [2.45, 2.75) is 69.5 Å². The molecule has 38 heavy (non-hydrogen) atoms. The van der Waals surface area contributed by atoms with Crippen LogP contribution in [-0.4, -0.2) is 83.6 Å². The van der Waals surface area contributed by atoms with Gasteiger partial charge in [-0.1, -0.05) is 12.1 Å². The number of hydrogen-bond donors (Lipinski definition) is 3. The molecule has 0 unspecified atom stereocenters. The fourth-order valence-corrected chi connectivity index (χ4v) is 5.75. The largest absolute Gasteiger partial charge is 0.364 e. The summed E-state index contributed by atoms with van der Waals surface area (Å²) in [4.78, 5) is 39.9. The first-order valence-corrected chi connectivity index (χ1v) is 13.8. The average Bonchev–Trinajstić information content (AvgIpc) is 3.76. The lowest BCUT2D eigenvalue weighted by atomic mass is 9.89. The topological polar surface area (TPSA) is 120 Å². The number of carbonyl (C=O) groups is 2. The van der Waals surface area contributed by atoms with Gasteiger partial charge in [0.15, 0.2) is 11.5 Å². The second kappa shape index (κ2) is 11.1. The molecule has 0 spiro atoms. The Morgan fingerprint density at radius 1 is 1.03 bits per heavy atom. The normalized spacial score (nSPS) is 22.7. The van der Waals surface area contributed by atoms with Crippen LogP contribution in [0.2, 0.25) is 0 Å². The molecule has 2 saturated heterocycles. The van der Waals surface area contributed by atoms with E-state index in [0.717, 1.165) is 31.1 Å². The molecule has 10 nitrogen and oxygen atoms in total. The number of benzene rings is 1. The van der Waals surface area contributed by atoms with Crippen LogP contribution in [0.4, 0.5) is 22.1 Å².